The van der Waals surface area contributed by atoms with Gasteiger partial charge in [-0.15, -0.1) is 0 Å². The molecular weight excluding hydrogens is 411 g/mol. The molecule has 2 fully saturated rings. The molecule has 1 aliphatic heterocycles. The summed E-state index contributed by atoms with van der Waals surface area (Å²) in [6.45, 7) is 3.65. The van der Waals surface area contributed by atoms with Gasteiger partial charge in [0.1, 0.15) is 24.4 Å². The van der Waals surface area contributed by atoms with Crippen LogP contribution in [0.3, 0.4) is 0 Å². The third-order valence-corrected chi connectivity index (χ3v) is 6.51. The normalized spacial score (nSPS) is 17.6. The van der Waals surface area contributed by atoms with Crippen molar-refractivity contribution in [3.05, 3.63) is 64.0 Å². The molecule has 0 radical (unpaired) electrons. The maximum Gasteiger partial charge on any atom is 0.227 e. The average molecular weight is 443 g/mol. The molecule has 7 heteroatoms. The van der Waals surface area contributed by atoms with Crippen LogP contribution in [0.2, 0.25) is 0 Å². The van der Waals surface area contributed by atoms with Gasteiger partial charge in [0.2, 0.25) is 17.1 Å². The van der Waals surface area contributed by atoms with Crippen molar-refractivity contribution in [1.29, 1.82) is 0 Å². The van der Waals surface area contributed by atoms with Gasteiger partial charge in [0, 0.05) is 38.7 Å². The second-order valence-electron chi connectivity index (χ2n) is 8.84. The molecule has 1 aliphatic carbocycles. The summed E-state index contributed by atoms with van der Waals surface area (Å²) in [5, 5.41) is 0. The van der Waals surface area contributed by atoms with Crippen molar-refractivity contribution in [2.45, 2.75) is 51.7 Å². The molecule has 32 heavy (non-hydrogen) atoms. The fourth-order valence-electron chi connectivity index (χ4n) is 4.53. The zero-order chi connectivity index (χ0) is 22.3. The Hall–Kier alpha value is -2.67. The van der Waals surface area contributed by atoms with Crippen LogP contribution in [0.5, 0.6) is 5.75 Å². The van der Waals surface area contributed by atoms with E-state index in [4.69, 9.17) is 9.15 Å². The van der Waals surface area contributed by atoms with Crippen molar-refractivity contribution in [3.8, 4) is 5.75 Å². The Labute approximate surface area is 188 Å². The molecule has 0 unspecified atom stereocenters. The maximum atomic E-state index is 13.0. The SMILES string of the molecule is O=C(CCC1CCCC1)N1CCN(Cc2cc(=O)c(OCc3ccc(F)cc3)co2)CC1. The lowest BCUT2D eigenvalue weighted by molar-refractivity contribution is -0.133. The number of piperazine rings is 1. The first-order valence-corrected chi connectivity index (χ1v) is 11.6. The van der Waals surface area contributed by atoms with Gasteiger partial charge in [-0.3, -0.25) is 14.5 Å². The van der Waals surface area contributed by atoms with E-state index in [1.165, 1.54) is 50.1 Å². The maximum absolute atomic E-state index is 13.0. The fourth-order valence-corrected chi connectivity index (χ4v) is 4.53. The van der Waals surface area contributed by atoms with Crippen molar-refractivity contribution >= 4 is 5.91 Å². The Balaban J connectivity index is 1.21. The van der Waals surface area contributed by atoms with E-state index in [2.05, 4.69) is 4.90 Å². The minimum atomic E-state index is -0.313. The predicted molar refractivity (Wildman–Crippen MR) is 119 cm³/mol. The number of rotatable bonds is 8. The molecule has 172 valence electrons. The van der Waals surface area contributed by atoms with E-state index in [1.54, 1.807) is 12.1 Å². The summed E-state index contributed by atoms with van der Waals surface area (Å²) in [6, 6.07) is 7.40. The van der Waals surface area contributed by atoms with Crippen LogP contribution in [0.15, 0.2) is 45.8 Å². The molecule has 0 atom stereocenters. The summed E-state index contributed by atoms with van der Waals surface area (Å²) < 4.78 is 24.1. The number of halogens is 1. The Morgan fingerprint density at radius 3 is 2.50 bits per heavy atom. The largest absolute Gasteiger partial charge is 0.482 e. The Morgan fingerprint density at radius 2 is 1.81 bits per heavy atom. The van der Waals surface area contributed by atoms with Gasteiger partial charge in [-0.1, -0.05) is 37.8 Å². The van der Waals surface area contributed by atoms with E-state index in [-0.39, 0.29) is 29.5 Å². The van der Waals surface area contributed by atoms with Gasteiger partial charge in [0.25, 0.3) is 0 Å². The van der Waals surface area contributed by atoms with Crippen LogP contribution in [-0.2, 0) is 17.9 Å². The summed E-state index contributed by atoms with van der Waals surface area (Å²) >= 11 is 0. The number of benzene rings is 1. The van der Waals surface area contributed by atoms with Gasteiger partial charge in [0.15, 0.2) is 0 Å². The Kier molecular flexibility index (Phi) is 7.58. The second kappa shape index (κ2) is 10.8. The van der Waals surface area contributed by atoms with E-state index in [9.17, 15) is 14.0 Å². The van der Waals surface area contributed by atoms with Gasteiger partial charge in [0.05, 0.1) is 6.54 Å². The second-order valence-corrected chi connectivity index (χ2v) is 8.84. The molecule has 1 amide bonds. The molecule has 2 heterocycles. The van der Waals surface area contributed by atoms with Gasteiger partial charge < -0.3 is 14.1 Å². The minimum absolute atomic E-state index is 0.135. The highest BCUT2D eigenvalue weighted by molar-refractivity contribution is 5.76. The van der Waals surface area contributed by atoms with Crippen LogP contribution >= 0.6 is 0 Å². The molecule has 6 nitrogen and oxygen atoms in total. The quantitative estimate of drug-likeness (QED) is 0.619. The van der Waals surface area contributed by atoms with Crippen molar-refractivity contribution in [2.75, 3.05) is 26.2 Å². The van der Waals surface area contributed by atoms with Gasteiger partial charge in [-0.25, -0.2) is 4.39 Å². The summed E-state index contributed by atoms with van der Waals surface area (Å²) in [7, 11) is 0. The first-order chi connectivity index (χ1) is 15.6. The summed E-state index contributed by atoms with van der Waals surface area (Å²) in [4.78, 5) is 29.0. The number of hydrogen-bond acceptors (Lipinski definition) is 5. The van der Waals surface area contributed by atoms with Crippen LogP contribution in [-0.4, -0.2) is 41.9 Å². The topological polar surface area (TPSA) is 63.0 Å². The number of carbonyl (C=O) groups is 1. The van der Waals surface area contributed by atoms with E-state index >= 15 is 0 Å². The summed E-state index contributed by atoms with van der Waals surface area (Å²) in [5.74, 6) is 1.41. The summed E-state index contributed by atoms with van der Waals surface area (Å²) in [5.41, 5.74) is 0.527. The number of ether oxygens (including phenoxy) is 1. The highest BCUT2D eigenvalue weighted by atomic mass is 19.1. The third-order valence-electron chi connectivity index (χ3n) is 6.51. The highest BCUT2D eigenvalue weighted by Crippen LogP contribution is 2.28. The smallest absolute Gasteiger partial charge is 0.227 e. The van der Waals surface area contributed by atoms with Crippen molar-refractivity contribution in [3.63, 3.8) is 0 Å². The third kappa shape index (κ3) is 6.19. The van der Waals surface area contributed by atoms with Crippen molar-refractivity contribution in [2.24, 2.45) is 5.92 Å². The van der Waals surface area contributed by atoms with E-state index in [0.717, 1.165) is 31.0 Å². The first-order valence-electron chi connectivity index (χ1n) is 11.6. The lowest BCUT2D eigenvalue weighted by Crippen LogP contribution is -2.48. The minimum Gasteiger partial charge on any atom is -0.482 e. The molecule has 1 saturated carbocycles. The lowest BCUT2D eigenvalue weighted by Gasteiger charge is -2.34. The summed E-state index contributed by atoms with van der Waals surface area (Å²) in [6.07, 6.45) is 8.22. The fraction of sp³-hybridized carbons (Fsp3) is 0.520. The van der Waals surface area contributed by atoms with Crippen LogP contribution in [0.4, 0.5) is 4.39 Å². The molecule has 1 saturated heterocycles. The highest BCUT2D eigenvalue weighted by Gasteiger charge is 2.23. The van der Waals surface area contributed by atoms with E-state index < -0.39 is 0 Å². The monoisotopic (exact) mass is 442 g/mol. The van der Waals surface area contributed by atoms with Crippen LogP contribution in [0.25, 0.3) is 0 Å². The van der Waals surface area contributed by atoms with Gasteiger partial charge in [-0.2, -0.15) is 0 Å². The number of nitrogens with zero attached hydrogens (tertiary/aromatic N) is 2. The van der Waals surface area contributed by atoms with E-state index in [0.29, 0.717) is 31.8 Å². The average Bonchev–Trinajstić information content (AvgIpc) is 3.32. The number of carbonyl (C=O) groups excluding carboxylic acids is 1. The molecular formula is C25H31FN2O4. The van der Waals surface area contributed by atoms with Crippen LogP contribution in [0, 0.1) is 11.7 Å². The molecule has 4 rings (SSSR count). The molecule has 0 bridgehead atoms. The Morgan fingerprint density at radius 1 is 1.09 bits per heavy atom. The number of amides is 1. The lowest BCUT2D eigenvalue weighted by atomic mass is 10.0. The van der Waals surface area contributed by atoms with E-state index in [1.807, 2.05) is 4.90 Å². The first kappa shape index (κ1) is 22.5. The molecule has 1 aromatic heterocycles. The zero-order valence-corrected chi connectivity index (χ0v) is 18.4. The van der Waals surface area contributed by atoms with Crippen molar-refractivity contribution in [1.82, 2.24) is 9.80 Å². The molecule has 0 N–H and O–H groups in total. The van der Waals surface area contributed by atoms with Gasteiger partial charge in [-0.05, 0) is 30.0 Å². The molecule has 0 spiro atoms. The molecule has 2 aromatic rings. The predicted octanol–water partition coefficient (Wildman–Crippen LogP) is 3.97. The van der Waals surface area contributed by atoms with Crippen LogP contribution in [0.1, 0.15) is 49.8 Å². The molecule has 1 aromatic carbocycles. The van der Waals surface area contributed by atoms with Gasteiger partial charge >= 0.3 is 0 Å². The zero-order valence-electron chi connectivity index (χ0n) is 18.4. The Bertz CT molecular complexity index is 945. The van der Waals surface area contributed by atoms with Crippen LogP contribution < -0.4 is 10.2 Å². The molecule has 2 aliphatic rings. The number of hydrogen-bond donors (Lipinski definition) is 0. The standard InChI is InChI=1S/C25H31FN2O4/c26-21-8-5-20(6-9-21)17-32-24-18-31-22(15-23(24)29)16-27-11-13-28(14-12-27)25(30)10-7-19-3-1-2-4-19/h5-6,8-9,15,18-19H,1-4,7,10-14,16-17H2. The van der Waals surface area contributed by atoms with Crippen molar-refractivity contribution < 1.29 is 18.3 Å².